The van der Waals surface area contributed by atoms with Crippen molar-refractivity contribution in [3.8, 4) is 23.0 Å². The van der Waals surface area contributed by atoms with E-state index in [2.05, 4.69) is 45.3 Å². The van der Waals surface area contributed by atoms with Gasteiger partial charge in [-0.05, 0) is 49.3 Å². The molecule has 0 amide bonds. The quantitative estimate of drug-likeness (QED) is 0.194. The molecule has 0 bridgehead atoms. The molecular weight excluding hydrogens is 653 g/mol. The Morgan fingerprint density at radius 2 is 1.52 bits per heavy atom. The lowest BCUT2D eigenvalue weighted by Crippen LogP contribution is -2.40. The van der Waals surface area contributed by atoms with Gasteiger partial charge in [0, 0.05) is 49.6 Å². The van der Waals surface area contributed by atoms with Crippen LogP contribution in [0.1, 0.15) is 38.5 Å². The minimum atomic E-state index is -6.06. The van der Waals surface area contributed by atoms with E-state index in [1.807, 2.05) is 18.2 Å². The topological polar surface area (TPSA) is 106 Å². The number of alkyl halides is 5. The van der Waals surface area contributed by atoms with Gasteiger partial charge in [-0.15, -0.1) is 5.10 Å². The molecular formula is C25H25BrF5N7O3S. The number of aromatic nitrogens is 5. The highest BCUT2D eigenvalue weighted by Crippen LogP contribution is 2.54. The second-order valence-electron chi connectivity index (χ2n) is 10.9. The Balaban J connectivity index is 1.34. The molecule has 0 radical (unpaired) electrons. The van der Waals surface area contributed by atoms with Crippen molar-refractivity contribution in [2.24, 2.45) is 5.41 Å². The van der Waals surface area contributed by atoms with Crippen molar-refractivity contribution in [1.29, 1.82) is 0 Å². The van der Waals surface area contributed by atoms with E-state index in [1.54, 1.807) is 0 Å². The third-order valence-corrected chi connectivity index (χ3v) is 9.46. The third-order valence-electron chi connectivity index (χ3n) is 8.01. The second kappa shape index (κ2) is 10.3. The van der Waals surface area contributed by atoms with Crippen LogP contribution in [0.2, 0.25) is 0 Å². The number of hydrogen-bond donors (Lipinski definition) is 0. The summed E-state index contributed by atoms with van der Waals surface area (Å²) in [5.74, 6) is -4.10. The molecule has 3 aliphatic rings. The molecule has 1 saturated carbocycles. The van der Waals surface area contributed by atoms with E-state index >= 15 is 0 Å². The molecule has 2 aliphatic heterocycles. The molecule has 17 heteroatoms. The summed E-state index contributed by atoms with van der Waals surface area (Å²) < 4.78 is 96.8. The summed E-state index contributed by atoms with van der Waals surface area (Å²) in [6, 6.07) is 6.56. The molecule has 0 unspecified atom stereocenters. The standard InChI is InChI=1S/C25H25BrF5N7O3S/c26-16-1-2-19(20(13-16)36-9-5-23(3-4-23)6-10-36)38-15-18(34-35-38)17-14-21(41-42(39,40)25(29,30)31)33-22(32-17)37-11-7-24(27,28)8-12-37/h1-2,13-15H,3-12H2. The molecule has 226 valence electrons. The average molecular weight is 678 g/mol. The molecule has 3 fully saturated rings. The first-order chi connectivity index (χ1) is 19.7. The first-order valence-corrected chi connectivity index (χ1v) is 15.4. The Morgan fingerprint density at radius 3 is 2.17 bits per heavy atom. The molecule has 1 aliphatic carbocycles. The molecule has 0 N–H and O–H groups in total. The fourth-order valence-corrected chi connectivity index (χ4v) is 6.02. The van der Waals surface area contributed by atoms with E-state index in [0.29, 0.717) is 11.1 Å². The number of halogens is 6. The molecule has 6 rings (SSSR count). The normalized spacial score (nSPS) is 20.1. The third kappa shape index (κ3) is 5.89. The lowest BCUT2D eigenvalue weighted by molar-refractivity contribution is -0.0501. The van der Waals surface area contributed by atoms with Gasteiger partial charge in [0.25, 0.3) is 5.92 Å². The number of rotatable bonds is 6. The first-order valence-electron chi connectivity index (χ1n) is 13.2. The van der Waals surface area contributed by atoms with Crippen LogP contribution in [0.4, 0.5) is 33.6 Å². The van der Waals surface area contributed by atoms with Gasteiger partial charge in [0.15, 0.2) is 0 Å². The zero-order valence-electron chi connectivity index (χ0n) is 22.0. The van der Waals surface area contributed by atoms with Crippen molar-refractivity contribution < 1.29 is 34.6 Å². The summed E-state index contributed by atoms with van der Waals surface area (Å²) in [5, 5.41) is 8.33. The van der Waals surface area contributed by atoms with E-state index in [9.17, 15) is 30.4 Å². The SMILES string of the molecule is O=S(=O)(Oc1cc(-c2cn(-c3ccc(Br)cc3N3CCC4(CC3)CC4)nn2)nc(N2CCC(F)(F)CC2)n1)C(F)(F)F. The summed E-state index contributed by atoms with van der Waals surface area (Å²) in [6.07, 6.45) is 5.15. The van der Waals surface area contributed by atoms with Crippen molar-refractivity contribution in [3.05, 3.63) is 34.9 Å². The van der Waals surface area contributed by atoms with Crippen molar-refractivity contribution >= 4 is 37.7 Å². The minimum Gasteiger partial charge on any atom is -0.370 e. The maximum Gasteiger partial charge on any atom is 0.534 e. The molecule has 4 heterocycles. The maximum atomic E-state index is 13.7. The van der Waals surface area contributed by atoms with Gasteiger partial charge in [-0.2, -0.15) is 26.6 Å². The van der Waals surface area contributed by atoms with Gasteiger partial charge in [-0.25, -0.2) is 18.4 Å². The number of benzene rings is 1. The lowest BCUT2D eigenvalue weighted by Gasteiger charge is -2.35. The largest absolute Gasteiger partial charge is 0.534 e. The highest BCUT2D eigenvalue weighted by atomic mass is 79.9. The monoisotopic (exact) mass is 677 g/mol. The van der Waals surface area contributed by atoms with Crippen LogP contribution in [0.5, 0.6) is 5.88 Å². The molecule has 42 heavy (non-hydrogen) atoms. The van der Waals surface area contributed by atoms with E-state index in [-0.39, 0.29) is 30.4 Å². The number of nitrogens with zero attached hydrogens (tertiary/aromatic N) is 7. The van der Waals surface area contributed by atoms with E-state index in [0.717, 1.165) is 42.2 Å². The van der Waals surface area contributed by atoms with Crippen LogP contribution in [-0.4, -0.2) is 71.0 Å². The van der Waals surface area contributed by atoms with E-state index in [1.165, 1.54) is 28.6 Å². The Labute approximate surface area is 246 Å². The molecule has 2 aromatic heterocycles. The van der Waals surface area contributed by atoms with Crippen LogP contribution < -0.4 is 14.0 Å². The van der Waals surface area contributed by atoms with E-state index < -0.39 is 40.3 Å². The van der Waals surface area contributed by atoms with Gasteiger partial charge in [0.05, 0.1) is 17.6 Å². The van der Waals surface area contributed by atoms with E-state index in [4.69, 9.17) is 0 Å². The molecule has 2 saturated heterocycles. The minimum absolute atomic E-state index is 0.0830. The fourth-order valence-electron chi connectivity index (χ4n) is 5.26. The van der Waals surface area contributed by atoms with Crippen molar-refractivity contribution in [2.75, 3.05) is 36.0 Å². The summed E-state index contributed by atoms with van der Waals surface area (Å²) in [6.45, 7) is 1.36. The number of anilines is 2. The molecule has 3 aromatic rings. The van der Waals surface area contributed by atoms with Crippen LogP contribution >= 0.6 is 15.9 Å². The van der Waals surface area contributed by atoms with Gasteiger partial charge in [-0.3, -0.25) is 0 Å². The van der Waals surface area contributed by atoms with Crippen molar-refractivity contribution in [1.82, 2.24) is 25.0 Å². The number of piperidine rings is 2. The van der Waals surface area contributed by atoms with Crippen molar-refractivity contribution in [2.45, 2.75) is 50.0 Å². The molecule has 1 aromatic carbocycles. The smallest absolute Gasteiger partial charge is 0.370 e. The van der Waals surface area contributed by atoms with Crippen LogP contribution in [0.3, 0.4) is 0 Å². The van der Waals surface area contributed by atoms with Gasteiger partial charge < -0.3 is 14.0 Å². The van der Waals surface area contributed by atoms with Gasteiger partial charge >= 0.3 is 15.6 Å². The number of hydrogen-bond acceptors (Lipinski definition) is 9. The Bertz CT molecular complexity index is 1590. The average Bonchev–Trinajstić information content (AvgIpc) is 3.48. The Kier molecular flexibility index (Phi) is 7.10. The molecule has 0 atom stereocenters. The van der Waals surface area contributed by atoms with Gasteiger partial charge in [0.2, 0.25) is 11.8 Å². The second-order valence-corrected chi connectivity index (χ2v) is 13.3. The lowest BCUT2D eigenvalue weighted by atomic mass is 9.93. The van der Waals surface area contributed by atoms with Crippen LogP contribution in [0, 0.1) is 5.41 Å². The first kappa shape index (κ1) is 29.0. The Hall–Kier alpha value is -3.08. The predicted octanol–water partition coefficient (Wildman–Crippen LogP) is 5.33. The van der Waals surface area contributed by atoms with Crippen LogP contribution in [-0.2, 0) is 10.1 Å². The fraction of sp³-hybridized carbons (Fsp3) is 0.520. The predicted molar refractivity (Wildman–Crippen MR) is 145 cm³/mol. The van der Waals surface area contributed by atoms with Crippen LogP contribution in [0.25, 0.3) is 17.1 Å². The zero-order valence-corrected chi connectivity index (χ0v) is 24.4. The van der Waals surface area contributed by atoms with Crippen LogP contribution in [0.15, 0.2) is 34.9 Å². The Morgan fingerprint density at radius 1 is 0.857 bits per heavy atom. The van der Waals surface area contributed by atoms with Gasteiger partial charge in [-0.1, -0.05) is 21.1 Å². The van der Waals surface area contributed by atoms with Crippen molar-refractivity contribution in [3.63, 3.8) is 0 Å². The zero-order chi connectivity index (χ0) is 29.9. The van der Waals surface area contributed by atoms with Gasteiger partial charge in [0.1, 0.15) is 11.4 Å². The summed E-state index contributed by atoms with van der Waals surface area (Å²) >= 11 is 3.53. The highest BCUT2D eigenvalue weighted by Gasteiger charge is 2.49. The molecule has 10 nitrogen and oxygen atoms in total. The summed E-state index contributed by atoms with van der Waals surface area (Å²) in [7, 11) is -6.06. The molecule has 1 spiro atoms. The summed E-state index contributed by atoms with van der Waals surface area (Å²) in [4.78, 5) is 11.7. The highest BCUT2D eigenvalue weighted by molar-refractivity contribution is 9.10. The summed E-state index contributed by atoms with van der Waals surface area (Å²) in [5.41, 5.74) is -3.64. The maximum absolute atomic E-state index is 13.7.